The van der Waals surface area contributed by atoms with Gasteiger partial charge in [-0.15, -0.1) is 0 Å². The summed E-state index contributed by atoms with van der Waals surface area (Å²) >= 11 is 0. The minimum absolute atomic E-state index is 0.0850. The zero-order chi connectivity index (χ0) is 11.9. The summed E-state index contributed by atoms with van der Waals surface area (Å²) in [6, 6.07) is 3.90. The molecule has 1 aromatic rings. The number of carbonyl (C=O) groups is 1. The van der Waals surface area contributed by atoms with E-state index in [2.05, 4.69) is 0 Å². The number of hydrogen-bond donors (Lipinski definition) is 1. The van der Waals surface area contributed by atoms with Gasteiger partial charge in [0.25, 0.3) is 5.91 Å². The number of ether oxygens (including phenoxy) is 1. The summed E-state index contributed by atoms with van der Waals surface area (Å²) in [5.41, 5.74) is 8.56. The molecule has 4 heteroatoms. The van der Waals surface area contributed by atoms with Gasteiger partial charge >= 0.3 is 0 Å². The topological polar surface area (TPSA) is 55.6 Å². The second kappa shape index (κ2) is 3.79. The van der Waals surface area contributed by atoms with Crippen LogP contribution in [0.25, 0.3) is 0 Å². The van der Waals surface area contributed by atoms with Crippen LogP contribution in [0.5, 0.6) is 5.75 Å². The Hall–Kier alpha value is -1.55. The molecule has 0 saturated carbocycles. The third kappa shape index (κ3) is 1.46. The second-order valence-corrected chi connectivity index (χ2v) is 4.10. The highest BCUT2D eigenvalue weighted by Gasteiger charge is 2.32. The van der Waals surface area contributed by atoms with E-state index in [0.29, 0.717) is 0 Å². The summed E-state index contributed by atoms with van der Waals surface area (Å²) in [6.07, 6.45) is -0.557. The summed E-state index contributed by atoms with van der Waals surface area (Å²) in [4.78, 5) is 13.5. The SMILES string of the molecule is Cc1ccc2c(c1C)OC(CN)C(=O)N2C. The van der Waals surface area contributed by atoms with Crippen LogP contribution in [0.4, 0.5) is 5.69 Å². The Labute approximate surface area is 95.0 Å². The van der Waals surface area contributed by atoms with Crippen LogP contribution in [0.15, 0.2) is 12.1 Å². The van der Waals surface area contributed by atoms with E-state index in [9.17, 15) is 4.79 Å². The molecule has 0 aromatic heterocycles. The van der Waals surface area contributed by atoms with E-state index in [1.165, 1.54) is 0 Å². The second-order valence-electron chi connectivity index (χ2n) is 4.10. The van der Waals surface area contributed by atoms with Crippen molar-refractivity contribution in [3.63, 3.8) is 0 Å². The van der Waals surface area contributed by atoms with Crippen molar-refractivity contribution < 1.29 is 9.53 Å². The van der Waals surface area contributed by atoms with E-state index >= 15 is 0 Å². The van der Waals surface area contributed by atoms with E-state index in [1.54, 1.807) is 11.9 Å². The van der Waals surface area contributed by atoms with Crippen LogP contribution in [0.2, 0.25) is 0 Å². The predicted molar refractivity (Wildman–Crippen MR) is 62.8 cm³/mol. The fraction of sp³-hybridized carbons (Fsp3) is 0.417. The average molecular weight is 220 g/mol. The maximum atomic E-state index is 11.8. The van der Waals surface area contributed by atoms with Gasteiger partial charge in [-0.25, -0.2) is 0 Å². The Bertz CT molecular complexity index is 443. The van der Waals surface area contributed by atoms with Crippen LogP contribution in [0.1, 0.15) is 11.1 Å². The van der Waals surface area contributed by atoms with Gasteiger partial charge in [-0.3, -0.25) is 4.79 Å². The molecular weight excluding hydrogens is 204 g/mol. The van der Waals surface area contributed by atoms with Crippen molar-refractivity contribution in [3.05, 3.63) is 23.3 Å². The number of fused-ring (bicyclic) bond motifs is 1. The first-order valence-electron chi connectivity index (χ1n) is 5.30. The maximum Gasteiger partial charge on any atom is 0.269 e. The Balaban J connectivity index is 2.54. The molecule has 1 aliphatic heterocycles. The lowest BCUT2D eigenvalue weighted by Gasteiger charge is -2.32. The summed E-state index contributed by atoms with van der Waals surface area (Å²) in [7, 11) is 1.75. The van der Waals surface area contributed by atoms with Crippen LogP contribution in [0.3, 0.4) is 0 Å². The van der Waals surface area contributed by atoms with Gasteiger partial charge in [-0.1, -0.05) is 6.07 Å². The van der Waals surface area contributed by atoms with Gasteiger partial charge in [0.05, 0.1) is 5.69 Å². The van der Waals surface area contributed by atoms with E-state index in [-0.39, 0.29) is 12.5 Å². The fourth-order valence-electron chi connectivity index (χ4n) is 1.86. The summed E-state index contributed by atoms with van der Waals surface area (Å²) < 4.78 is 5.66. The molecule has 2 rings (SSSR count). The summed E-state index contributed by atoms with van der Waals surface area (Å²) in [5, 5.41) is 0. The highest BCUT2D eigenvalue weighted by molar-refractivity contribution is 6.00. The van der Waals surface area contributed by atoms with Crippen molar-refractivity contribution in [2.24, 2.45) is 5.73 Å². The standard InChI is InChI=1S/C12H16N2O2/c1-7-4-5-9-11(8(7)2)16-10(6-13)12(15)14(9)3/h4-5,10H,6,13H2,1-3H3. The van der Waals surface area contributed by atoms with E-state index in [1.807, 2.05) is 26.0 Å². The number of anilines is 1. The third-order valence-electron chi connectivity index (χ3n) is 3.10. The number of benzene rings is 1. The van der Waals surface area contributed by atoms with Crippen molar-refractivity contribution in [1.82, 2.24) is 0 Å². The van der Waals surface area contributed by atoms with Gasteiger partial charge in [0.2, 0.25) is 0 Å². The van der Waals surface area contributed by atoms with E-state index in [0.717, 1.165) is 22.6 Å². The first-order valence-corrected chi connectivity index (χ1v) is 5.30. The molecule has 1 aliphatic rings. The van der Waals surface area contributed by atoms with Gasteiger partial charge in [0.1, 0.15) is 5.75 Å². The molecule has 16 heavy (non-hydrogen) atoms. The average Bonchev–Trinajstić information content (AvgIpc) is 2.28. The molecule has 2 N–H and O–H groups in total. The zero-order valence-electron chi connectivity index (χ0n) is 9.78. The summed E-state index contributed by atoms with van der Waals surface area (Å²) in [5.74, 6) is 0.691. The largest absolute Gasteiger partial charge is 0.477 e. The number of amides is 1. The number of hydrogen-bond acceptors (Lipinski definition) is 3. The van der Waals surface area contributed by atoms with Gasteiger partial charge < -0.3 is 15.4 Å². The molecule has 1 amide bonds. The quantitative estimate of drug-likeness (QED) is 0.767. The number of nitrogens with two attached hydrogens (primary N) is 1. The molecule has 1 aromatic carbocycles. The molecule has 0 bridgehead atoms. The molecule has 1 unspecified atom stereocenters. The Morgan fingerprint density at radius 2 is 2.12 bits per heavy atom. The molecule has 0 radical (unpaired) electrons. The first-order chi connectivity index (χ1) is 7.56. The van der Waals surface area contributed by atoms with E-state index < -0.39 is 6.10 Å². The van der Waals surface area contributed by atoms with Gasteiger partial charge in [0, 0.05) is 13.6 Å². The van der Waals surface area contributed by atoms with Crippen molar-refractivity contribution in [3.8, 4) is 5.75 Å². The number of nitrogens with zero attached hydrogens (tertiary/aromatic N) is 1. The highest BCUT2D eigenvalue weighted by Crippen LogP contribution is 2.37. The van der Waals surface area contributed by atoms with Crippen LogP contribution in [-0.2, 0) is 4.79 Å². The Morgan fingerprint density at radius 1 is 1.44 bits per heavy atom. The number of aryl methyl sites for hydroxylation is 1. The van der Waals surface area contributed by atoms with Crippen LogP contribution in [0, 0.1) is 13.8 Å². The molecule has 86 valence electrons. The van der Waals surface area contributed by atoms with Crippen LogP contribution < -0.4 is 15.4 Å². The van der Waals surface area contributed by atoms with Crippen molar-refractivity contribution in [2.45, 2.75) is 20.0 Å². The van der Waals surface area contributed by atoms with Crippen molar-refractivity contribution in [2.75, 3.05) is 18.5 Å². The highest BCUT2D eigenvalue weighted by atomic mass is 16.5. The zero-order valence-corrected chi connectivity index (χ0v) is 9.78. The van der Waals surface area contributed by atoms with Crippen molar-refractivity contribution >= 4 is 11.6 Å². The van der Waals surface area contributed by atoms with Crippen LogP contribution >= 0.6 is 0 Å². The fourth-order valence-corrected chi connectivity index (χ4v) is 1.86. The van der Waals surface area contributed by atoms with Crippen LogP contribution in [-0.4, -0.2) is 25.6 Å². The molecule has 1 atom stereocenters. The Kier molecular flexibility index (Phi) is 2.59. The van der Waals surface area contributed by atoms with E-state index in [4.69, 9.17) is 10.5 Å². The lowest BCUT2D eigenvalue weighted by atomic mass is 10.1. The molecule has 0 spiro atoms. The van der Waals surface area contributed by atoms with Gasteiger partial charge in [0.15, 0.2) is 6.10 Å². The smallest absolute Gasteiger partial charge is 0.269 e. The van der Waals surface area contributed by atoms with Gasteiger partial charge in [-0.2, -0.15) is 0 Å². The van der Waals surface area contributed by atoms with Gasteiger partial charge in [-0.05, 0) is 31.0 Å². The summed E-state index contributed by atoms with van der Waals surface area (Å²) in [6.45, 7) is 4.22. The predicted octanol–water partition coefficient (Wildman–Crippen LogP) is 0.986. The minimum atomic E-state index is -0.557. The molecule has 0 fully saturated rings. The molecule has 0 saturated heterocycles. The third-order valence-corrected chi connectivity index (χ3v) is 3.10. The number of carbonyl (C=O) groups excluding carboxylic acids is 1. The molecular formula is C12H16N2O2. The monoisotopic (exact) mass is 220 g/mol. The molecule has 1 heterocycles. The molecule has 4 nitrogen and oxygen atoms in total. The minimum Gasteiger partial charge on any atom is -0.477 e. The van der Waals surface area contributed by atoms with Crippen molar-refractivity contribution in [1.29, 1.82) is 0 Å². The normalized spacial score (nSPS) is 19.4. The first kappa shape index (κ1) is 11.0. The lowest BCUT2D eigenvalue weighted by molar-refractivity contribution is -0.125. The maximum absolute atomic E-state index is 11.8. The molecule has 0 aliphatic carbocycles. The number of likely N-dealkylation sites (N-methyl/N-ethyl adjacent to an activating group) is 1. The Morgan fingerprint density at radius 3 is 2.75 bits per heavy atom. The number of rotatable bonds is 1. The lowest BCUT2D eigenvalue weighted by Crippen LogP contribution is -2.47.